The molecule has 2 aromatic rings. The summed E-state index contributed by atoms with van der Waals surface area (Å²) >= 11 is 6.20. The van der Waals surface area contributed by atoms with E-state index in [2.05, 4.69) is 0 Å². The number of benzene rings is 2. The quantitative estimate of drug-likeness (QED) is 0.352. The summed E-state index contributed by atoms with van der Waals surface area (Å²) in [6.07, 6.45) is 3.51. The highest BCUT2D eigenvalue weighted by Gasteiger charge is 2.49. The Hall–Kier alpha value is -3.19. The van der Waals surface area contributed by atoms with E-state index in [0.29, 0.717) is 27.7 Å². The first-order chi connectivity index (χ1) is 16.7. The molecule has 2 saturated heterocycles. The third kappa shape index (κ3) is 4.22. The fraction of sp³-hybridized carbons (Fsp3) is 0.407. The Morgan fingerprint density at radius 2 is 1.63 bits per heavy atom. The molecule has 0 radical (unpaired) electrons. The normalized spacial score (nSPS) is 24.2. The summed E-state index contributed by atoms with van der Waals surface area (Å²) in [5.41, 5.74) is 2.77. The average molecular weight is 495 g/mol. The number of nitrogens with zero attached hydrogens (tertiary/aromatic N) is 2. The smallest absolute Gasteiger partial charge is 0.316 e. The molecule has 1 aliphatic carbocycles. The van der Waals surface area contributed by atoms with E-state index in [0.717, 1.165) is 31.2 Å². The Kier molecular flexibility index (Phi) is 6.13. The molecular weight excluding hydrogens is 468 g/mol. The number of amides is 3. The maximum atomic E-state index is 12.9. The van der Waals surface area contributed by atoms with E-state index >= 15 is 0 Å². The second-order valence-electron chi connectivity index (χ2n) is 9.72. The van der Waals surface area contributed by atoms with Crippen molar-refractivity contribution in [2.24, 2.45) is 17.8 Å². The Morgan fingerprint density at radius 3 is 2.26 bits per heavy atom. The lowest BCUT2D eigenvalue weighted by atomic mass is 9.81. The van der Waals surface area contributed by atoms with Gasteiger partial charge in [0.15, 0.2) is 0 Å². The summed E-state index contributed by atoms with van der Waals surface area (Å²) in [5.74, 6) is -1.65. The van der Waals surface area contributed by atoms with Crippen molar-refractivity contribution in [3.8, 4) is 5.75 Å². The Bertz CT molecular complexity index is 1220. The second kappa shape index (κ2) is 9.11. The van der Waals surface area contributed by atoms with E-state index in [1.807, 2.05) is 19.1 Å². The molecule has 35 heavy (non-hydrogen) atoms. The van der Waals surface area contributed by atoms with Gasteiger partial charge in [0, 0.05) is 23.7 Å². The highest BCUT2D eigenvalue weighted by molar-refractivity contribution is 6.31. The van der Waals surface area contributed by atoms with E-state index < -0.39 is 11.9 Å². The number of esters is 1. The second-order valence-corrected chi connectivity index (χ2v) is 10.1. The van der Waals surface area contributed by atoms with Crippen molar-refractivity contribution in [1.82, 2.24) is 0 Å². The number of aryl methyl sites for hydroxylation is 2. The molecule has 3 fully saturated rings. The van der Waals surface area contributed by atoms with Crippen molar-refractivity contribution in [2.75, 3.05) is 16.3 Å². The van der Waals surface area contributed by atoms with Gasteiger partial charge in [-0.3, -0.25) is 19.2 Å². The molecule has 2 aliphatic heterocycles. The highest BCUT2D eigenvalue weighted by Crippen LogP contribution is 2.41. The summed E-state index contributed by atoms with van der Waals surface area (Å²) in [5, 5.41) is 0.561. The van der Waals surface area contributed by atoms with Crippen LogP contribution in [0.1, 0.15) is 43.2 Å². The van der Waals surface area contributed by atoms with Crippen molar-refractivity contribution in [1.29, 1.82) is 0 Å². The Labute approximate surface area is 209 Å². The molecule has 0 N–H and O–H groups in total. The minimum atomic E-state index is -0.604. The minimum Gasteiger partial charge on any atom is -0.426 e. The predicted molar refractivity (Wildman–Crippen MR) is 131 cm³/mol. The van der Waals surface area contributed by atoms with E-state index in [1.165, 1.54) is 4.90 Å². The SMILES string of the molecule is Cc1ccc(N2C[C@H](C(=O)Oc3ccc(N4C(=O)[C@H]5CCCC[C@@H]5C4=O)c(C)c3)CC2=O)cc1Cl. The van der Waals surface area contributed by atoms with Crippen molar-refractivity contribution in [3.05, 3.63) is 52.5 Å². The van der Waals surface area contributed by atoms with Crippen LogP contribution in [0, 0.1) is 31.6 Å². The molecule has 0 bridgehead atoms. The van der Waals surface area contributed by atoms with Gasteiger partial charge in [0.2, 0.25) is 17.7 Å². The molecule has 3 amide bonds. The van der Waals surface area contributed by atoms with Crippen LogP contribution in [0.5, 0.6) is 5.75 Å². The van der Waals surface area contributed by atoms with Gasteiger partial charge in [0.05, 0.1) is 23.4 Å². The molecule has 2 heterocycles. The number of anilines is 2. The van der Waals surface area contributed by atoms with Gasteiger partial charge in [-0.1, -0.05) is 30.5 Å². The van der Waals surface area contributed by atoms with E-state index in [9.17, 15) is 19.2 Å². The van der Waals surface area contributed by atoms with Gasteiger partial charge in [0.1, 0.15) is 5.75 Å². The van der Waals surface area contributed by atoms with Crippen LogP contribution in [-0.4, -0.2) is 30.2 Å². The Balaban J connectivity index is 1.28. The molecule has 3 atom stereocenters. The standard InChI is InChI=1S/C27H27ClN2O5/c1-15-7-8-18(13-22(15)28)29-14-17(12-24(29)31)27(34)35-19-9-10-23(16(2)11-19)30-25(32)20-5-3-4-6-21(20)26(30)33/h7-11,13,17,20-21H,3-6,12,14H2,1-2H3/t17-,20+,21+/m1/s1. The monoisotopic (exact) mass is 494 g/mol. The van der Waals surface area contributed by atoms with Crippen LogP contribution < -0.4 is 14.5 Å². The summed E-state index contributed by atoms with van der Waals surface area (Å²) in [6, 6.07) is 10.3. The number of carbonyl (C=O) groups excluding carboxylic acids is 4. The first-order valence-corrected chi connectivity index (χ1v) is 12.4. The summed E-state index contributed by atoms with van der Waals surface area (Å²) in [7, 11) is 0. The van der Waals surface area contributed by atoms with E-state index in [4.69, 9.17) is 16.3 Å². The lowest BCUT2D eigenvalue weighted by Gasteiger charge is -2.19. The third-order valence-corrected chi connectivity index (χ3v) is 7.80. The number of hydrogen-bond acceptors (Lipinski definition) is 5. The lowest BCUT2D eigenvalue weighted by molar-refractivity contribution is -0.139. The molecule has 0 unspecified atom stereocenters. The topological polar surface area (TPSA) is 84.0 Å². The molecule has 8 heteroatoms. The predicted octanol–water partition coefficient (Wildman–Crippen LogP) is 4.59. The van der Waals surface area contributed by atoms with Crippen LogP contribution in [-0.2, 0) is 19.2 Å². The molecular formula is C27H27ClN2O5. The number of imide groups is 1. The zero-order chi connectivity index (χ0) is 24.9. The van der Waals surface area contributed by atoms with Crippen molar-refractivity contribution < 1.29 is 23.9 Å². The van der Waals surface area contributed by atoms with Crippen LogP contribution in [0.2, 0.25) is 5.02 Å². The fourth-order valence-corrected chi connectivity index (χ4v) is 5.58. The number of rotatable bonds is 4. The van der Waals surface area contributed by atoms with Gasteiger partial charge in [-0.05, 0) is 68.1 Å². The van der Waals surface area contributed by atoms with Gasteiger partial charge in [-0.15, -0.1) is 0 Å². The van der Waals surface area contributed by atoms with Crippen LogP contribution in [0.4, 0.5) is 11.4 Å². The van der Waals surface area contributed by atoms with Crippen LogP contribution in [0.15, 0.2) is 36.4 Å². The minimum absolute atomic E-state index is 0.0565. The molecule has 182 valence electrons. The molecule has 0 spiro atoms. The zero-order valence-corrected chi connectivity index (χ0v) is 20.5. The fourth-order valence-electron chi connectivity index (χ4n) is 5.41. The Morgan fingerprint density at radius 1 is 0.943 bits per heavy atom. The summed E-state index contributed by atoms with van der Waals surface area (Å²) in [6.45, 7) is 3.89. The summed E-state index contributed by atoms with van der Waals surface area (Å²) in [4.78, 5) is 54.1. The van der Waals surface area contributed by atoms with Crippen molar-refractivity contribution >= 4 is 46.7 Å². The average Bonchev–Trinajstić information content (AvgIpc) is 3.34. The molecule has 7 nitrogen and oxygen atoms in total. The van der Waals surface area contributed by atoms with E-state index in [-0.39, 0.29) is 42.5 Å². The van der Waals surface area contributed by atoms with Gasteiger partial charge in [-0.2, -0.15) is 0 Å². The van der Waals surface area contributed by atoms with E-state index in [1.54, 1.807) is 36.1 Å². The molecule has 1 saturated carbocycles. The first-order valence-electron chi connectivity index (χ1n) is 12.0. The largest absolute Gasteiger partial charge is 0.426 e. The number of carbonyl (C=O) groups is 4. The van der Waals surface area contributed by atoms with Gasteiger partial charge in [-0.25, -0.2) is 4.90 Å². The van der Waals surface area contributed by atoms with Gasteiger partial charge < -0.3 is 9.64 Å². The van der Waals surface area contributed by atoms with Crippen LogP contribution >= 0.6 is 11.6 Å². The molecule has 2 aromatic carbocycles. The van der Waals surface area contributed by atoms with Crippen LogP contribution in [0.25, 0.3) is 0 Å². The number of hydrogen-bond donors (Lipinski definition) is 0. The number of fused-ring (bicyclic) bond motifs is 1. The maximum Gasteiger partial charge on any atom is 0.316 e. The maximum absolute atomic E-state index is 12.9. The van der Waals surface area contributed by atoms with Crippen molar-refractivity contribution in [2.45, 2.75) is 46.0 Å². The number of ether oxygens (including phenoxy) is 1. The van der Waals surface area contributed by atoms with Gasteiger partial charge >= 0.3 is 5.97 Å². The zero-order valence-electron chi connectivity index (χ0n) is 19.8. The lowest BCUT2D eigenvalue weighted by Crippen LogP contribution is -2.31. The molecule has 3 aliphatic rings. The highest BCUT2D eigenvalue weighted by atomic mass is 35.5. The molecule has 0 aromatic heterocycles. The summed E-state index contributed by atoms with van der Waals surface area (Å²) < 4.78 is 5.59. The number of halogens is 1. The molecule has 5 rings (SSSR count). The van der Waals surface area contributed by atoms with Crippen LogP contribution in [0.3, 0.4) is 0 Å². The van der Waals surface area contributed by atoms with Gasteiger partial charge in [0.25, 0.3) is 0 Å². The first kappa shape index (κ1) is 23.5. The third-order valence-electron chi connectivity index (χ3n) is 7.39. The van der Waals surface area contributed by atoms with Crippen molar-refractivity contribution in [3.63, 3.8) is 0 Å².